The summed E-state index contributed by atoms with van der Waals surface area (Å²) in [6.07, 6.45) is 5.28. The van der Waals surface area contributed by atoms with Gasteiger partial charge in [0.15, 0.2) is 0 Å². The Bertz CT molecular complexity index is 871. The van der Waals surface area contributed by atoms with Crippen LogP contribution >= 0.6 is 0 Å². The molecule has 0 N–H and O–H groups in total. The first-order chi connectivity index (χ1) is 13.1. The van der Waals surface area contributed by atoms with Crippen molar-refractivity contribution in [2.75, 3.05) is 20.6 Å². The lowest BCUT2D eigenvalue weighted by atomic mass is 10.1. The molecule has 1 heterocycles. The van der Waals surface area contributed by atoms with Crippen LogP contribution in [0.2, 0.25) is 0 Å². The second kappa shape index (κ2) is 9.05. The van der Waals surface area contributed by atoms with Gasteiger partial charge in [-0.15, -0.1) is 0 Å². The van der Waals surface area contributed by atoms with Crippen LogP contribution in [0.15, 0.2) is 48.7 Å². The number of rotatable bonds is 9. The zero-order chi connectivity index (χ0) is 19.2. The van der Waals surface area contributed by atoms with Crippen LogP contribution in [-0.2, 0) is 19.6 Å². The Balaban J connectivity index is 1.98. The molecule has 0 radical (unpaired) electrons. The van der Waals surface area contributed by atoms with Gasteiger partial charge in [-0.25, -0.2) is 4.39 Å². The molecule has 1 aromatic heterocycles. The molecule has 4 heteroatoms. The molecule has 0 aliphatic rings. The summed E-state index contributed by atoms with van der Waals surface area (Å²) in [7, 11) is 4.14. The van der Waals surface area contributed by atoms with Crippen LogP contribution < -0.4 is 4.74 Å². The van der Waals surface area contributed by atoms with E-state index in [-0.39, 0.29) is 5.82 Å². The van der Waals surface area contributed by atoms with Gasteiger partial charge in [-0.1, -0.05) is 43.7 Å². The van der Waals surface area contributed by atoms with Gasteiger partial charge >= 0.3 is 0 Å². The molecule has 144 valence electrons. The van der Waals surface area contributed by atoms with E-state index >= 15 is 0 Å². The predicted octanol–water partition coefficient (Wildman–Crippen LogP) is 5.26. The molecule has 3 rings (SSSR count). The number of fused-ring (bicyclic) bond motifs is 1. The SMILES string of the molecule is CCCCn1cc(CCN(C)C)c2c(OCc3ccccc3)cc(F)cc21. The highest BCUT2D eigenvalue weighted by Gasteiger charge is 2.16. The standard InChI is InChI=1S/C23H29FN2O/c1-4-5-12-26-16-19(11-13-25(2)3)23-21(26)14-20(24)15-22(23)27-17-18-9-7-6-8-10-18/h6-10,14-16H,4-5,11-13,17H2,1-3H3. The van der Waals surface area contributed by atoms with Crippen molar-refractivity contribution in [3.63, 3.8) is 0 Å². The largest absolute Gasteiger partial charge is 0.488 e. The van der Waals surface area contributed by atoms with Gasteiger partial charge in [-0.05, 0) is 44.1 Å². The Morgan fingerprint density at radius 3 is 2.59 bits per heavy atom. The molecule has 0 bridgehead atoms. The molecular weight excluding hydrogens is 339 g/mol. The summed E-state index contributed by atoms with van der Waals surface area (Å²) in [5.74, 6) is 0.387. The minimum Gasteiger partial charge on any atom is -0.488 e. The molecule has 0 fully saturated rings. The molecule has 0 aliphatic carbocycles. The fraction of sp³-hybridized carbons (Fsp3) is 0.391. The summed E-state index contributed by atoms with van der Waals surface area (Å²) in [5, 5.41) is 1.05. The van der Waals surface area contributed by atoms with Crippen LogP contribution in [0.5, 0.6) is 5.75 Å². The second-order valence-corrected chi connectivity index (χ2v) is 7.33. The Labute approximate surface area is 161 Å². The summed E-state index contributed by atoms with van der Waals surface area (Å²) in [6, 6.07) is 13.2. The van der Waals surface area contributed by atoms with Crippen LogP contribution in [0.4, 0.5) is 4.39 Å². The van der Waals surface area contributed by atoms with E-state index in [2.05, 4.69) is 36.7 Å². The number of ether oxygens (including phenoxy) is 1. The van der Waals surface area contributed by atoms with E-state index in [1.54, 1.807) is 6.07 Å². The first-order valence-electron chi connectivity index (χ1n) is 9.71. The number of nitrogens with zero attached hydrogens (tertiary/aromatic N) is 2. The topological polar surface area (TPSA) is 17.4 Å². The minimum absolute atomic E-state index is 0.249. The average molecular weight is 368 g/mol. The number of hydrogen-bond donors (Lipinski definition) is 0. The van der Waals surface area contributed by atoms with E-state index in [0.717, 1.165) is 48.8 Å². The molecular formula is C23H29FN2O. The Kier molecular flexibility index (Phi) is 6.51. The number of unbranched alkanes of at least 4 members (excludes halogenated alkanes) is 1. The average Bonchev–Trinajstić information content (AvgIpc) is 3.01. The van der Waals surface area contributed by atoms with Gasteiger partial charge in [0, 0.05) is 30.7 Å². The van der Waals surface area contributed by atoms with Gasteiger partial charge in [0.25, 0.3) is 0 Å². The third kappa shape index (κ3) is 4.89. The molecule has 0 aliphatic heterocycles. The van der Waals surface area contributed by atoms with Gasteiger partial charge < -0.3 is 14.2 Å². The molecule has 0 atom stereocenters. The number of halogens is 1. The first kappa shape index (κ1) is 19.4. The normalized spacial score (nSPS) is 11.4. The molecule has 3 nitrogen and oxygen atoms in total. The van der Waals surface area contributed by atoms with Crippen molar-refractivity contribution in [2.24, 2.45) is 0 Å². The third-order valence-corrected chi connectivity index (χ3v) is 4.81. The third-order valence-electron chi connectivity index (χ3n) is 4.81. The maximum Gasteiger partial charge on any atom is 0.132 e. The van der Waals surface area contributed by atoms with Crippen LogP contribution in [0, 0.1) is 5.82 Å². The van der Waals surface area contributed by atoms with Crippen molar-refractivity contribution in [2.45, 2.75) is 39.3 Å². The molecule has 3 aromatic rings. The lowest BCUT2D eigenvalue weighted by molar-refractivity contribution is 0.308. The number of benzene rings is 2. The molecule has 0 spiro atoms. The smallest absolute Gasteiger partial charge is 0.132 e. The van der Waals surface area contributed by atoms with Gasteiger partial charge in [0.05, 0.1) is 5.52 Å². The number of aromatic nitrogens is 1. The van der Waals surface area contributed by atoms with Gasteiger partial charge in [0.1, 0.15) is 18.2 Å². The highest BCUT2D eigenvalue weighted by Crippen LogP contribution is 2.33. The first-order valence-corrected chi connectivity index (χ1v) is 9.71. The van der Waals surface area contributed by atoms with E-state index in [1.807, 2.05) is 30.3 Å². The quantitative estimate of drug-likeness (QED) is 0.512. The number of likely N-dealkylation sites (N-methyl/N-ethyl adjacent to an activating group) is 1. The molecule has 0 saturated heterocycles. The zero-order valence-electron chi connectivity index (χ0n) is 16.5. The second-order valence-electron chi connectivity index (χ2n) is 7.33. The Morgan fingerprint density at radius 2 is 1.89 bits per heavy atom. The Hall–Kier alpha value is -2.33. The monoisotopic (exact) mass is 368 g/mol. The summed E-state index contributed by atoms with van der Waals surface area (Å²) < 4.78 is 22.6. The maximum absolute atomic E-state index is 14.3. The van der Waals surface area contributed by atoms with Crippen molar-refractivity contribution in [1.82, 2.24) is 9.47 Å². The van der Waals surface area contributed by atoms with Gasteiger partial charge in [-0.2, -0.15) is 0 Å². The van der Waals surface area contributed by atoms with Crippen molar-refractivity contribution in [3.8, 4) is 5.75 Å². The molecule has 27 heavy (non-hydrogen) atoms. The van der Waals surface area contributed by atoms with Crippen molar-refractivity contribution >= 4 is 10.9 Å². The maximum atomic E-state index is 14.3. The molecule has 0 saturated carbocycles. The van der Waals surface area contributed by atoms with Crippen LogP contribution in [0.1, 0.15) is 30.9 Å². The summed E-state index contributed by atoms with van der Waals surface area (Å²) in [4.78, 5) is 2.17. The van der Waals surface area contributed by atoms with Gasteiger partial charge in [-0.3, -0.25) is 0 Å². The van der Waals surface area contributed by atoms with E-state index in [4.69, 9.17) is 4.74 Å². The van der Waals surface area contributed by atoms with Gasteiger partial charge in [0.2, 0.25) is 0 Å². The Morgan fingerprint density at radius 1 is 1.11 bits per heavy atom. The highest BCUT2D eigenvalue weighted by atomic mass is 19.1. The fourth-order valence-electron chi connectivity index (χ4n) is 3.34. The molecule has 0 amide bonds. The van der Waals surface area contributed by atoms with Crippen molar-refractivity contribution in [1.29, 1.82) is 0 Å². The minimum atomic E-state index is -0.249. The van der Waals surface area contributed by atoms with E-state index in [0.29, 0.717) is 12.4 Å². The number of aryl methyl sites for hydroxylation is 1. The van der Waals surface area contributed by atoms with Crippen LogP contribution in [0.3, 0.4) is 0 Å². The summed E-state index contributed by atoms with van der Waals surface area (Å²) in [6.45, 7) is 4.46. The number of hydrogen-bond acceptors (Lipinski definition) is 2. The lowest BCUT2D eigenvalue weighted by Gasteiger charge is -2.12. The summed E-state index contributed by atoms with van der Waals surface area (Å²) >= 11 is 0. The van der Waals surface area contributed by atoms with E-state index in [1.165, 1.54) is 11.6 Å². The molecule has 0 unspecified atom stereocenters. The van der Waals surface area contributed by atoms with Crippen molar-refractivity contribution < 1.29 is 9.13 Å². The molecule has 2 aromatic carbocycles. The van der Waals surface area contributed by atoms with Crippen LogP contribution in [-0.4, -0.2) is 30.1 Å². The van der Waals surface area contributed by atoms with Crippen LogP contribution in [0.25, 0.3) is 10.9 Å². The highest BCUT2D eigenvalue weighted by molar-refractivity contribution is 5.90. The lowest BCUT2D eigenvalue weighted by Crippen LogP contribution is -2.15. The fourth-order valence-corrected chi connectivity index (χ4v) is 3.34. The van der Waals surface area contributed by atoms with Crippen molar-refractivity contribution in [3.05, 3.63) is 65.6 Å². The van der Waals surface area contributed by atoms with E-state index < -0.39 is 0 Å². The van der Waals surface area contributed by atoms with E-state index in [9.17, 15) is 4.39 Å². The predicted molar refractivity (Wildman–Crippen MR) is 110 cm³/mol. The zero-order valence-corrected chi connectivity index (χ0v) is 16.5. The summed E-state index contributed by atoms with van der Waals surface area (Å²) in [5.41, 5.74) is 3.23.